The van der Waals surface area contributed by atoms with Crippen molar-refractivity contribution in [1.29, 1.82) is 0 Å². The molecular weight excluding hydrogens is 269 g/mol. The molecule has 0 aromatic heterocycles. The molecule has 0 spiro atoms. The molecule has 0 unspecified atom stereocenters. The second-order valence-corrected chi connectivity index (χ2v) is 5.21. The van der Waals surface area contributed by atoms with Gasteiger partial charge in [-0.3, -0.25) is 4.79 Å². The van der Waals surface area contributed by atoms with Crippen molar-refractivity contribution in [2.45, 2.75) is 32.7 Å². The predicted molar refractivity (Wildman–Crippen MR) is 77.8 cm³/mol. The Bertz CT molecular complexity index is 420. The minimum atomic E-state index is -0.531. The molecule has 1 aromatic carbocycles. The van der Waals surface area contributed by atoms with E-state index in [1.165, 1.54) is 0 Å². The van der Waals surface area contributed by atoms with E-state index < -0.39 is 5.54 Å². The Kier molecular flexibility index (Phi) is 5.48. The fourth-order valence-corrected chi connectivity index (χ4v) is 2.47. The molecule has 1 amide bonds. The number of benzene rings is 1. The summed E-state index contributed by atoms with van der Waals surface area (Å²) in [6, 6.07) is 5.81. The van der Waals surface area contributed by atoms with Gasteiger partial charge in [-0.1, -0.05) is 24.6 Å². The van der Waals surface area contributed by atoms with Crippen LogP contribution in [-0.4, -0.2) is 23.2 Å². The average molecular weight is 288 g/mol. The van der Waals surface area contributed by atoms with Crippen molar-refractivity contribution in [3.63, 3.8) is 0 Å². The molecule has 2 nitrogen and oxygen atoms in total. The number of alkyl halides is 2. The Labute approximate surface area is 119 Å². The number of aryl methyl sites for hydroxylation is 2. The zero-order valence-corrected chi connectivity index (χ0v) is 12.5. The van der Waals surface area contributed by atoms with Gasteiger partial charge in [0.2, 0.25) is 0 Å². The second kappa shape index (κ2) is 6.44. The van der Waals surface area contributed by atoms with E-state index in [1.54, 1.807) is 0 Å². The van der Waals surface area contributed by atoms with Gasteiger partial charge in [0, 0.05) is 17.3 Å². The average Bonchev–Trinajstić information content (AvgIpc) is 2.38. The summed E-state index contributed by atoms with van der Waals surface area (Å²) in [7, 11) is 0. The van der Waals surface area contributed by atoms with Gasteiger partial charge in [0.25, 0.3) is 5.91 Å². The van der Waals surface area contributed by atoms with Gasteiger partial charge in [-0.15, -0.1) is 23.2 Å². The number of hydrogen-bond donors (Lipinski definition) is 1. The Balaban J connectivity index is 2.97. The highest BCUT2D eigenvalue weighted by molar-refractivity contribution is 6.22. The Hall–Kier alpha value is -0.730. The summed E-state index contributed by atoms with van der Waals surface area (Å²) in [5.74, 6) is 0.507. The topological polar surface area (TPSA) is 29.1 Å². The number of amides is 1. The Morgan fingerprint density at radius 2 is 1.89 bits per heavy atom. The van der Waals surface area contributed by atoms with E-state index in [9.17, 15) is 4.79 Å². The molecule has 0 aliphatic heterocycles. The van der Waals surface area contributed by atoms with Crippen molar-refractivity contribution in [2.75, 3.05) is 11.8 Å². The maximum Gasteiger partial charge on any atom is 0.252 e. The van der Waals surface area contributed by atoms with E-state index in [1.807, 2.05) is 39.0 Å². The van der Waals surface area contributed by atoms with E-state index in [-0.39, 0.29) is 5.91 Å². The van der Waals surface area contributed by atoms with Crippen LogP contribution in [0.3, 0.4) is 0 Å². The SMILES string of the molecule is CCC(CCl)(CCl)NC(=O)c1cc(C)ccc1C. The van der Waals surface area contributed by atoms with Crippen LogP contribution in [0, 0.1) is 13.8 Å². The smallest absolute Gasteiger partial charge is 0.252 e. The van der Waals surface area contributed by atoms with Crippen LogP contribution in [0.25, 0.3) is 0 Å². The van der Waals surface area contributed by atoms with Crippen LogP contribution in [0.4, 0.5) is 0 Å². The molecule has 0 aliphatic carbocycles. The molecular formula is C14H19Cl2NO. The monoisotopic (exact) mass is 287 g/mol. The molecule has 100 valence electrons. The lowest BCUT2D eigenvalue weighted by Crippen LogP contribution is -2.51. The Morgan fingerprint density at radius 1 is 1.28 bits per heavy atom. The van der Waals surface area contributed by atoms with Crippen molar-refractivity contribution in [3.8, 4) is 0 Å². The van der Waals surface area contributed by atoms with Gasteiger partial charge in [-0.2, -0.15) is 0 Å². The lowest BCUT2D eigenvalue weighted by molar-refractivity contribution is 0.0913. The minimum absolute atomic E-state index is 0.112. The normalized spacial score (nSPS) is 11.4. The van der Waals surface area contributed by atoms with Crippen LogP contribution < -0.4 is 5.32 Å². The summed E-state index contributed by atoms with van der Waals surface area (Å²) in [5, 5.41) is 2.96. The van der Waals surface area contributed by atoms with Gasteiger partial charge in [-0.25, -0.2) is 0 Å². The number of hydrogen-bond acceptors (Lipinski definition) is 1. The summed E-state index contributed by atoms with van der Waals surface area (Å²) >= 11 is 11.9. The number of carbonyl (C=O) groups is 1. The first-order chi connectivity index (χ1) is 8.48. The van der Waals surface area contributed by atoms with Gasteiger partial charge < -0.3 is 5.32 Å². The molecule has 0 radical (unpaired) electrons. The van der Waals surface area contributed by atoms with Gasteiger partial charge in [0.1, 0.15) is 0 Å². The Morgan fingerprint density at radius 3 is 2.39 bits per heavy atom. The quantitative estimate of drug-likeness (QED) is 0.823. The fraction of sp³-hybridized carbons (Fsp3) is 0.500. The maximum absolute atomic E-state index is 12.3. The summed E-state index contributed by atoms with van der Waals surface area (Å²) in [6.07, 6.45) is 0.705. The largest absolute Gasteiger partial charge is 0.344 e. The van der Waals surface area contributed by atoms with Gasteiger partial charge >= 0.3 is 0 Å². The lowest BCUT2D eigenvalue weighted by Gasteiger charge is -2.29. The molecule has 1 N–H and O–H groups in total. The van der Waals surface area contributed by atoms with Crippen LogP contribution in [0.2, 0.25) is 0 Å². The van der Waals surface area contributed by atoms with E-state index >= 15 is 0 Å². The molecule has 0 saturated carbocycles. The van der Waals surface area contributed by atoms with Crippen LogP contribution in [0.15, 0.2) is 18.2 Å². The minimum Gasteiger partial charge on any atom is -0.344 e. The number of halogens is 2. The van der Waals surface area contributed by atoms with Crippen molar-refractivity contribution in [1.82, 2.24) is 5.32 Å². The van der Waals surface area contributed by atoms with Gasteiger partial charge in [0.05, 0.1) is 5.54 Å². The van der Waals surface area contributed by atoms with Gasteiger partial charge in [0.15, 0.2) is 0 Å². The highest BCUT2D eigenvalue weighted by Gasteiger charge is 2.29. The first kappa shape index (κ1) is 15.3. The molecule has 0 fully saturated rings. The molecule has 0 aliphatic rings. The standard InChI is InChI=1S/C14H19Cl2NO/c1-4-14(8-15,9-16)17-13(18)12-7-10(2)5-6-11(12)3/h5-7H,4,8-9H2,1-3H3,(H,17,18). The molecule has 1 rings (SSSR count). The van der Waals surface area contributed by atoms with Crippen LogP contribution >= 0.6 is 23.2 Å². The molecule has 0 saturated heterocycles. The zero-order chi connectivity index (χ0) is 13.8. The van der Waals surface area contributed by atoms with E-state index in [2.05, 4.69) is 5.32 Å². The van der Waals surface area contributed by atoms with Crippen molar-refractivity contribution in [2.24, 2.45) is 0 Å². The zero-order valence-electron chi connectivity index (χ0n) is 11.0. The summed E-state index contributed by atoms with van der Waals surface area (Å²) in [6.45, 7) is 5.85. The molecule has 0 heterocycles. The third-order valence-electron chi connectivity index (χ3n) is 3.20. The second-order valence-electron chi connectivity index (χ2n) is 4.67. The number of rotatable bonds is 5. The molecule has 0 atom stereocenters. The highest BCUT2D eigenvalue weighted by atomic mass is 35.5. The summed E-state index contributed by atoms with van der Waals surface area (Å²) in [4.78, 5) is 12.3. The predicted octanol–water partition coefficient (Wildman–Crippen LogP) is 3.66. The van der Waals surface area contributed by atoms with Gasteiger partial charge in [-0.05, 0) is 31.9 Å². The fourth-order valence-electron chi connectivity index (χ4n) is 1.67. The van der Waals surface area contributed by atoms with Crippen molar-refractivity contribution < 1.29 is 4.79 Å². The summed E-state index contributed by atoms with van der Waals surface area (Å²) in [5.41, 5.74) is 2.16. The molecule has 18 heavy (non-hydrogen) atoms. The van der Waals surface area contributed by atoms with E-state index in [4.69, 9.17) is 23.2 Å². The van der Waals surface area contributed by atoms with E-state index in [0.29, 0.717) is 23.7 Å². The first-order valence-electron chi connectivity index (χ1n) is 5.99. The maximum atomic E-state index is 12.3. The van der Waals surface area contributed by atoms with E-state index in [0.717, 1.165) is 11.1 Å². The lowest BCUT2D eigenvalue weighted by atomic mass is 9.99. The van der Waals surface area contributed by atoms with Crippen LogP contribution in [0.5, 0.6) is 0 Å². The molecule has 0 bridgehead atoms. The van der Waals surface area contributed by atoms with Crippen molar-refractivity contribution >= 4 is 29.1 Å². The summed E-state index contributed by atoms with van der Waals surface area (Å²) < 4.78 is 0. The highest BCUT2D eigenvalue weighted by Crippen LogP contribution is 2.17. The molecule has 4 heteroatoms. The first-order valence-corrected chi connectivity index (χ1v) is 7.06. The van der Waals surface area contributed by atoms with Crippen molar-refractivity contribution in [3.05, 3.63) is 34.9 Å². The number of nitrogens with one attached hydrogen (secondary N) is 1. The van der Waals surface area contributed by atoms with Crippen LogP contribution in [0.1, 0.15) is 34.8 Å². The molecule has 1 aromatic rings. The third kappa shape index (κ3) is 3.39. The third-order valence-corrected chi connectivity index (χ3v) is 4.23. The van der Waals surface area contributed by atoms with Crippen LogP contribution in [-0.2, 0) is 0 Å². The number of carbonyl (C=O) groups excluding carboxylic acids is 1.